The fourth-order valence-corrected chi connectivity index (χ4v) is 1.99. The lowest BCUT2D eigenvalue weighted by Crippen LogP contribution is -1.91. The maximum atomic E-state index is 9.95. The molecule has 0 fully saturated rings. The van der Waals surface area contributed by atoms with Crippen molar-refractivity contribution in [3.63, 3.8) is 0 Å². The van der Waals surface area contributed by atoms with E-state index in [0.717, 1.165) is 16.6 Å². The first-order valence-electron chi connectivity index (χ1n) is 5.21. The minimum atomic E-state index is 0.271. The topological polar surface area (TPSA) is 25.2 Å². The Morgan fingerprint density at radius 3 is 2.31 bits per heavy atom. The van der Waals surface area contributed by atoms with Gasteiger partial charge in [-0.2, -0.15) is 0 Å². The summed E-state index contributed by atoms with van der Waals surface area (Å²) in [6.07, 6.45) is 0. The van der Waals surface area contributed by atoms with Gasteiger partial charge in [0.2, 0.25) is 0 Å². The van der Waals surface area contributed by atoms with E-state index in [2.05, 4.69) is 0 Å². The highest BCUT2D eigenvalue weighted by molar-refractivity contribution is 5.84. The van der Waals surface area contributed by atoms with Crippen molar-refractivity contribution in [3.05, 3.63) is 60.7 Å². The molecule has 2 heteroatoms. The summed E-state index contributed by atoms with van der Waals surface area (Å²) in [7, 11) is 0. The molecule has 0 aliphatic heterocycles. The van der Waals surface area contributed by atoms with Crippen LogP contribution in [0.15, 0.2) is 60.7 Å². The van der Waals surface area contributed by atoms with E-state index in [0.29, 0.717) is 0 Å². The minimum Gasteiger partial charge on any atom is -0.494 e. The van der Waals surface area contributed by atoms with E-state index in [1.165, 1.54) is 0 Å². The van der Waals surface area contributed by atoms with Gasteiger partial charge in [0.05, 0.1) is 5.52 Å². The Morgan fingerprint density at radius 2 is 1.50 bits per heavy atom. The third kappa shape index (κ3) is 1.27. The van der Waals surface area contributed by atoms with Gasteiger partial charge in [0, 0.05) is 17.1 Å². The molecule has 3 aromatic rings. The van der Waals surface area contributed by atoms with Gasteiger partial charge in [-0.3, -0.25) is 4.57 Å². The molecule has 1 N–H and O–H groups in total. The first kappa shape index (κ1) is 9.04. The van der Waals surface area contributed by atoms with Gasteiger partial charge < -0.3 is 5.11 Å². The second kappa shape index (κ2) is 3.42. The van der Waals surface area contributed by atoms with Crippen LogP contribution in [0.4, 0.5) is 0 Å². The van der Waals surface area contributed by atoms with Gasteiger partial charge in [-0.1, -0.05) is 36.4 Å². The molecule has 0 aliphatic carbocycles. The minimum absolute atomic E-state index is 0.271. The third-order valence-electron chi connectivity index (χ3n) is 2.71. The zero-order chi connectivity index (χ0) is 11.0. The molecule has 2 aromatic carbocycles. The van der Waals surface area contributed by atoms with E-state index >= 15 is 0 Å². The SMILES string of the molecule is Oc1cc2ccccc2n1-c1ccccc1. The molecule has 16 heavy (non-hydrogen) atoms. The van der Waals surface area contributed by atoms with Crippen LogP contribution < -0.4 is 0 Å². The zero-order valence-electron chi connectivity index (χ0n) is 8.67. The van der Waals surface area contributed by atoms with Crippen molar-refractivity contribution in [2.24, 2.45) is 0 Å². The molecule has 1 heterocycles. The van der Waals surface area contributed by atoms with Crippen molar-refractivity contribution in [3.8, 4) is 11.6 Å². The number of fused-ring (bicyclic) bond motifs is 1. The first-order chi connectivity index (χ1) is 7.86. The van der Waals surface area contributed by atoms with E-state index in [9.17, 15) is 5.11 Å². The molecule has 78 valence electrons. The summed E-state index contributed by atoms with van der Waals surface area (Å²) >= 11 is 0. The standard InChI is InChI=1S/C14H11NO/c16-14-10-11-6-4-5-9-13(11)15(14)12-7-2-1-3-8-12/h1-10,16H. The highest BCUT2D eigenvalue weighted by Gasteiger charge is 2.07. The number of rotatable bonds is 1. The molecule has 0 radical (unpaired) electrons. The van der Waals surface area contributed by atoms with Crippen molar-refractivity contribution in [1.29, 1.82) is 0 Å². The molecule has 3 rings (SSSR count). The fraction of sp³-hybridized carbons (Fsp3) is 0. The maximum Gasteiger partial charge on any atom is 0.196 e. The highest BCUT2D eigenvalue weighted by Crippen LogP contribution is 2.27. The van der Waals surface area contributed by atoms with E-state index < -0.39 is 0 Å². The van der Waals surface area contributed by atoms with Crippen molar-refractivity contribution in [2.45, 2.75) is 0 Å². The predicted molar refractivity (Wildman–Crippen MR) is 64.9 cm³/mol. The number of para-hydroxylation sites is 2. The molecule has 0 unspecified atom stereocenters. The van der Waals surface area contributed by atoms with Crippen molar-refractivity contribution in [2.75, 3.05) is 0 Å². The lowest BCUT2D eigenvalue weighted by atomic mass is 10.2. The summed E-state index contributed by atoms with van der Waals surface area (Å²) in [4.78, 5) is 0. The summed E-state index contributed by atoms with van der Waals surface area (Å²) in [5, 5.41) is 11.0. The average Bonchev–Trinajstić information content (AvgIpc) is 2.66. The monoisotopic (exact) mass is 209 g/mol. The van der Waals surface area contributed by atoms with Crippen LogP contribution in [0.1, 0.15) is 0 Å². The largest absolute Gasteiger partial charge is 0.494 e. The summed E-state index contributed by atoms with van der Waals surface area (Å²) in [5.41, 5.74) is 1.99. The van der Waals surface area contributed by atoms with Crippen molar-refractivity contribution >= 4 is 10.9 Å². The molecule has 0 amide bonds. The Labute approximate surface area is 93.4 Å². The summed E-state index contributed by atoms with van der Waals surface area (Å²) < 4.78 is 1.84. The molecule has 0 saturated carbocycles. The summed E-state index contributed by atoms with van der Waals surface area (Å²) in [6.45, 7) is 0. The number of hydrogen-bond donors (Lipinski definition) is 1. The van der Waals surface area contributed by atoms with Crippen LogP contribution in [-0.2, 0) is 0 Å². The number of aromatic nitrogens is 1. The van der Waals surface area contributed by atoms with Gasteiger partial charge in [0.25, 0.3) is 0 Å². The number of aromatic hydroxyl groups is 1. The number of hydrogen-bond acceptors (Lipinski definition) is 1. The van der Waals surface area contributed by atoms with Crippen molar-refractivity contribution < 1.29 is 5.11 Å². The number of benzene rings is 2. The van der Waals surface area contributed by atoms with Gasteiger partial charge >= 0.3 is 0 Å². The molecule has 0 spiro atoms. The number of nitrogens with zero attached hydrogens (tertiary/aromatic N) is 1. The van der Waals surface area contributed by atoms with E-state index in [1.54, 1.807) is 6.07 Å². The van der Waals surface area contributed by atoms with Gasteiger partial charge in [-0.25, -0.2) is 0 Å². The van der Waals surface area contributed by atoms with Gasteiger partial charge in [-0.15, -0.1) is 0 Å². The second-order valence-electron chi connectivity index (χ2n) is 3.73. The highest BCUT2D eigenvalue weighted by atomic mass is 16.3. The zero-order valence-corrected chi connectivity index (χ0v) is 8.67. The lowest BCUT2D eigenvalue weighted by Gasteiger charge is -2.06. The summed E-state index contributed by atoms with van der Waals surface area (Å²) in [6, 6.07) is 19.6. The summed E-state index contributed by atoms with van der Waals surface area (Å²) in [5.74, 6) is 0.271. The molecule has 0 aliphatic rings. The van der Waals surface area contributed by atoms with Crippen LogP contribution in [-0.4, -0.2) is 9.67 Å². The Morgan fingerprint density at radius 1 is 0.812 bits per heavy atom. The van der Waals surface area contributed by atoms with Crippen LogP contribution >= 0.6 is 0 Å². The third-order valence-corrected chi connectivity index (χ3v) is 2.71. The quantitative estimate of drug-likeness (QED) is 0.653. The van der Waals surface area contributed by atoms with Crippen LogP contribution in [0.5, 0.6) is 5.88 Å². The van der Waals surface area contributed by atoms with Crippen LogP contribution in [0.25, 0.3) is 16.6 Å². The van der Waals surface area contributed by atoms with E-state index in [-0.39, 0.29) is 5.88 Å². The molecule has 0 atom stereocenters. The van der Waals surface area contributed by atoms with Gasteiger partial charge in [-0.05, 0) is 18.2 Å². The molecule has 2 nitrogen and oxygen atoms in total. The maximum absolute atomic E-state index is 9.95. The molecule has 1 aromatic heterocycles. The van der Waals surface area contributed by atoms with Crippen LogP contribution in [0.3, 0.4) is 0 Å². The Kier molecular flexibility index (Phi) is 1.93. The Balaban J connectivity index is 2.35. The van der Waals surface area contributed by atoms with E-state index in [1.807, 2.05) is 59.2 Å². The fourth-order valence-electron chi connectivity index (χ4n) is 1.99. The van der Waals surface area contributed by atoms with Gasteiger partial charge in [0.15, 0.2) is 5.88 Å². The molecular formula is C14H11NO. The first-order valence-corrected chi connectivity index (χ1v) is 5.21. The van der Waals surface area contributed by atoms with Crippen LogP contribution in [0, 0.1) is 0 Å². The predicted octanol–water partition coefficient (Wildman–Crippen LogP) is 3.34. The normalized spacial score (nSPS) is 10.8. The van der Waals surface area contributed by atoms with Gasteiger partial charge in [0.1, 0.15) is 0 Å². The van der Waals surface area contributed by atoms with Crippen molar-refractivity contribution in [1.82, 2.24) is 4.57 Å². The Hall–Kier alpha value is -2.22. The molecular weight excluding hydrogens is 198 g/mol. The average molecular weight is 209 g/mol. The molecule has 0 saturated heterocycles. The van der Waals surface area contributed by atoms with Crippen LogP contribution in [0.2, 0.25) is 0 Å². The second-order valence-corrected chi connectivity index (χ2v) is 3.73. The smallest absolute Gasteiger partial charge is 0.196 e. The molecule has 0 bridgehead atoms. The van der Waals surface area contributed by atoms with E-state index in [4.69, 9.17) is 0 Å². The Bertz CT molecular complexity index is 626. The lowest BCUT2D eigenvalue weighted by molar-refractivity contribution is 0.445.